The van der Waals surface area contributed by atoms with Crippen molar-refractivity contribution in [3.8, 4) is 6.07 Å². The Morgan fingerprint density at radius 1 is 1.30 bits per heavy atom. The van der Waals surface area contributed by atoms with Crippen molar-refractivity contribution in [2.45, 2.75) is 33.2 Å². The zero-order valence-electron chi connectivity index (χ0n) is 16.0. The summed E-state index contributed by atoms with van der Waals surface area (Å²) in [5.41, 5.74) is 0.681. The molecule has 2 rings (SSSR count). The largest absolute Gasteiger partial charge is 0.333 e. The molecule has 1 N–H and O–H groups in total. The van der Waals surface area contributed by atoms with Crippen molar-refractivity contribution < 1.29 is 14.4 Å². The van der Waals surface area contributed by atoms with Crippen LogP contribution in [0.3, 0.4) is 0 Å². The van der Waals surface area contributed by atoms with Crippen LogP contribution in [0.15, 0.2) is 30.3 Å². The van der Waals surface area contributed by atoms with Gasteiger partial charge in [0.05, 0.1) is 18.5 Å². The summed E-state index contributed by atoms with van der Waals surface area (Å²) in [4.78, 5) is 40.3. The number of benzene rings is 1. The smallest absolute Gasteiger partial charge is 0.243 e. The molecule has 1 fully saturated rings. The summed E-state index contributed by atoms with van der Waals surface area (Å²) in [6, 6.07) is 10.5. The molecule has 7 nitrogen and oxygen atoms in total. The Bertz CT molecular complexity index is 726. The number of nitrogens with zero attached hydrogens (tertiary/aromatic N) is 3. The number of hydrogen-bond donors (Lipinski definition) is 1. The van der Waals surface area contributed by atoms with E-state index in [-0.39, 0.29) is 36.7 Å². The van der Waals surface area contributed by atoms with Gasteiger partial charge in [-0.2, -0.15) is 5.26 Å². The molecular formula is C20H26N4O3. The number of carbonyl (C=O) groups is 3. The van der Waals surface area contributed by atoms with E-state index in [0.717, 1.165) is 0 Å². The first-order valence-electron chi connectivity index (χ1n) is 9.21. The van der Waals surface area contributed by atoms with Crippen LogP contribution in [0.1, 0.15) is 27.2 Å². The van der Waals surface area contributed by atoms with Gasteiger partial charge in [-0.15, -0.1) is 0 Å². The first-order valence-corrected chi connectivity index (χ1v) is 9.21. The lowest BCUT2D eigenvalue weighted by molar-refractivity contribution is -0.142. The average Bonchev–Trinajstić information content (AvgIpc) is 3.11. The molecule has 1 saturated heterocycles. The summed E-state index contributed by atoms with van der Waals surface area (Å²) in [5, 5.41) is 12.2. The number of nitrogens with one attached hydrogen (secondary N) is 1. The fraction of sp³-hybridized carbons (Fsp3) is 0.500. The highest BCUT2D eigenvalue weighted by Crippen LogP contribution is 2.25. The predicted molar refractivity (Wildman–Crippen MR) is 101 cm³/mol. The topological polar surface area (TPSA) is 93.5 Å². The van der Waals surface area contributed by atoms with Crippen LogP contribution in [0.2, 0.25) is 0 Å². The molecule has 1 aromatic rings. The van der Waals surface area contributed by atoms with E-state index in [2.05, 4.69) is 11.4 Å². The van der Waals surface area contributed by atoms with E-state index in [1.54, 1.807) is 26.0 Å². The molecule has 0 spiro atoms. The molecule has 1 aliphatic rings. The van der Waals surface area contributed by atoms with Crippen LogP contribution in [0, 0.1) is 23.2 Å². The number of likely N-dealkylation sites (N-methyl/N-ethyl adjacent to an activating group) is 1. The van der Waals surface area contributed by atoms with Crippen molar-refractivity contribution in [1.29, 1.82) is 5.26 Å². The van der Waals surface area contributed by atoms with E-state index >= 15 is 0 Å². The van der Waals surface area contributed by atoms with Crippen LogP contribution >= 0.6 is 0 Å². The summed E-state index contributed by atoms with van der Waals surface area (Å²) < 4.78 is 0. The second kappa shape index (κ2) is 9.17. The molecule has 27 heavy (non-hydrogen) atoms. The number of amides is 3. The van der Waals surface area contributed by atoms with Gasteiger partial charge in [0.2, 0.25) is 17.7 Å². The minimum atomic E-state index is -0.656. The number of hydrogen-bond acceptors (Lipinski definition) is 4. The molecule has 1 aromatic carbocycles. The van der Waals surface area contributed by atoms with Crippen molar-refractivity contribution >= 4 is 23.4 Å². The molecule has 1 heterocycles. The predicted octanol–water partition coefficient (Wildman–Crippen LogP) is 1.87. The van der Waals surface area contributed by atoms with Gasteiger partial charge in [0.15, 0.2) is 0 Å². The summed E-state index contributed by atoms with van der Waals surface area (Å²) in [6.45, 7) is 5.92. The summed E-state index contributed by atoms with van der Waals surface area (Å²) >= 11 is 0. The van der Waals surface area contributed by atoms with E-state index < -0.39 is 12.0 Å². The zero-order chi connectivity index (χ0) is 20.0. The van der Waals surface area contributed by atoms with E-state index in [1.807, 2.05) is 25.1 Å². The Hall–Kier alpha value is -2.88. The third-order valence-electron chi connectivity index (χ3n) is 4.70. The molecule has 2 unspecified atom stereocenters. The van der Waals surface area contributed by atoms with Gasteiger partial charge in [0.25, 0.3) is 0 Å². The number of carbonyl (C=O) groups excluding carboxylic acids is 3. The van der Waals surface area contributed by atoms with Crippen LogP contribution in [0.25, 0.3) is 0 Å². The Morgan fingerprint density at radius 3 is 2.52 bits per heavy atom. The Balaban J connectivity index is 2.02. The second-order valence-corrected chi connectivity index (χ2v) is 6.99. The molecule has 0 aromatic heterocycles. The highest BCUT2D eigenvalue weighted by atomic mass is 16.2. The quantitative estimate of drug-likeness (QED) is 0.827. The summed E-state index contributed by atoms with van der Waals surface area (Å²) in [7, 11) is 0. The number of para-hydroxylation sites is 1. The van der Waals surface area contributed by atoms with Gasteiger partial charge in [-0.1, -0.05) is 32.0 Å². The molecule has 0 radical (unpaired) electrons. The van der Waals surface area contributed by atoms with Gasteiger partial charge >= 0.3 is 0 Å². The molecule has 2 atom stereocenters. The summed E-state index contributed by atoms with van der Waals surface area (Å²) in [5.74, 6) is -1.26. The molecular weight excluding hydrogens is 344 g/mol. The maximum Gasteiger partial charge on any atom is 0.243 e. The first-order chi connectivity index (χ1) is 12.9. The first kappa shape index (κ1) is 20.4. The van der Waals surface area contributed by atoms with Gasteiger partial charge < -0.3 is 15.1 Å². The fourth-order valence-corrected chi connectivity index (χ4v) is 3.15. The maximum atomic E-state index is 12.7. The van der Waals surface area contributed by atoms with Crippen LogP contribution in [-0.4, -0.2) is 53.2 Å². The molecule has 3 amide bonds. The van der Waals surface area contributed by atoms with Crippen molar-refractivity contribution in [1.82, 2.24) is 9.80 Å². The number of likely N-dealkylation sites (tertiary alicyclic amines) is 1. The Labute approximate surface area is 159 Å². The number of anilines is 1. The standard InChI is InChI=1S/C20H26N4O3/c1-4-23(20(27)14(2)3)13-18(25)24-12-15(10-17(24)11-21)19(26)22-16-8-6-5-7-9-16/h5-9,14-15,17H,4,10,12-13H2,1-3H3,(H,22,26). The van der Waals surface area contributed by atoms with Gasteiger partial charge in [-0.3, -0.25) is 14.4 Å². The Kier molecular flexibility index (Phi) is 6.94. The SMILES string of the molecule is CCN(CC(=O)N1CC(C(=O)Nc2ccccc2)CC1C#N)C(=O)C(C)C. The highest BCUT2D eigenvalue weighted by Gasteiger charge is 2.39. The average molecular weight is 370 g/mol. The van der Waals surface area contributed by atoms with Gasteiger partial charge in [0, 0.05) is 24.7 Å². The van der Waals surface area contributed by atoms with E-state index in [9.17, 15) is 19.6 Å². The van der Waals surface area contributed by atoms with E-state index in [1.165, 1.54) is 9.80 Å². The maximum absolute atomic E-state index is 12.7. The summed E-state index contributed by atoms with van der Waals surface area (Å²) in [6.07, 6.45) is 0.297. The van der Waals surface area contributed by atoms with E-state index in [4.69, 9.17) is 0 Å². The second-order valence-electron chi connectivity index (χ2n) is 6.99. The van der Waals surface area contributed by atoms with Crippen LogP contribution in [0.4, 0.5) is 5.69 Å². The minimum absolute atomic E-state index is 0.0707. The van der Waals surface area contributed by atoms with Crippen LogP contribution < -0.4 is 5.32 Å². The van der Waals surface area contributed by atoms with Crippen molar-refractivity contribution in [2.24, 2.45) is 11.8 Å². The number of rotatable bonds is 6. The van der Waals surface area contributed by atoms with Crippen molar-refractivity contribution in [3.05, 3.63) is 30.3 Å². The van der Waals surface area contributed by atoms with Crippen LogP contribution in [-0.2, 0) is 14.4 Å². The lowest BCUT2D eigenvalue weighted by atomic mass is 10.1. The van der Waals surface area contributed by atoms with E-state index in [0.29, 0.717) is 18.7 Å². The minimum Gasteiger partial charge on any atom is -0.333 e. The van der Waals surface area contributed by atoms with Gasteiger partial charge in [0.1, 0.15) is 6.04 Å². The molecule has 0 aliphatic carbocycles. The van der Waals surface area contributed by atoms with Gasteiger partial charge in [-0.05, 0) is 25.5 Å². The Morgan fingerprint density at radius 2 is 1.96 bits per heavy atom. The molecule has 144 valence electrons. The molecule has 1 aliphatic heterocycles. The lowest BCUT2D eigenvalue weighted by Crippen LogP contribution is -2.45. The molecule has 7 heteroatoms. The fourth-order valence-electron chi connectivity index (χ4n) is 3.15. The third kappa shape index (κ3) is 5.07. The molecule has 0 bridgehead atoms. The zero-order valence-corrected chi connectivity index (χ0v) is 16.0. The molecule has 0 saturated carbocycles. The number of nitriles is 1. The van der Waals surface area contributed by atoms with Crippen LogP contribution in [0.5, 0.6) is 0 Å². The van der Waals surface area contributed by atoms with Crippen molar-refractivity contribution in [2.75, 3.05) is 25.0 Å². The monoisotopic (exact) mass is 370 g/mol. The van der Waals surface area contributed by atoms with Crippen molar-refractivity contribution in [3.63, 3.8) is 0 Å². The van der Waals surface area contributed by atoms with Gasteiger partial charge in [-0.25, -0.2) is 0 Å². The normalized spacial score (nSPS) is 18.9. The third-order valence-corrected chi connectivity index (χ3v) is 4.70. The highest BCUT2D eigenvalue weighted by molar-refractivity contribution is 5.94. The lowest BCUT2D eigenvalue weighted by Gasteiger charge is -2.26.